The topological polar surface area (TPSA) is 59.8 Å². The van der Waals surface area contributed by atoms with Crippen molar-refractivity contribution in [2.45, 2.75) is 67.9 Å². The molecule has 1 N–H and O–H groups in total. The first-order valence-electron chi connectivity index (χ1n) is 9.19. The van der Waals surface area contributed by atoms with Crippen LogP contribution in [0.2, 0.25) is 0 Å². The van der Waals surface area contributed by atoms with Gasteiger partial charge < -0.3 is 9.88 Å². The maximum absolute atomic E-state index is 12.6. The molecule has 2 aromatic rings. The van der Waals surface area contributed by atoms with Crippen molar-refractivity contribution < 1.29 is 4.79 Å². The maximum atomic E-state index is 12.6. The van der Waals surface area contributed by atoms with Crippen LogP contribution in [0.4, 0.5) is 0 Å². The Labute approximate surface area is 152 Å². The number of hydrogen-bond donors (Lipinski definition) is 1. The zero-order valence-corrected chi connectivity index (χ0v) is 15.3. The van der Waals surface area contributed by atoms with E-state index in [-0.39, 0.29) is 11.2 Å². The van der Waals surface area contributed by atoms with Gasteiger partial charge in [-0.2, -0.15) is 0 Å². The van der Waals surface area contributed by atoms with Gasteiger partial charge in [0, 0.05) is 18.5 Å². The van der Waals surface area contributed by atoms with Crippen LogP contribution in [-0.4, -0.2) is 25.9 Å². The lowest BCUT2D eigenvalue weighted by Crippen LogP contribution is -2.32. The van der Waals surface area contributed by atoms with Crippen LogP contribution in [0.1, 0.15) is 62.4 Å². The lowest BCUT2D eigenvalue weighted by atomic mass is 10.2. The number of rotatable bonds is 8. The van der Waals surface area contributed by atoms with E-state index in [4.69, 9.17) is 0 Å². The number of nitrogens with one attached hydrogen (secondary N) is 1. The van der Waals surface area contributed by atoms with Gasteiger partial charge in [0.25, 0.3) is 0 Å². The third kappa shape index (κ3) is 3.89. The maximum Gasteiger partial charge on any atom is 0.233 e. The van der Waals surface area contributed by atoms with Crippen molar-refractivity contribution in [2.75, 3.05) is 0 Å². The second-order valence-corrected chi connectivity index (χ2v) is 8.10. The average molecular weight is 356 g/mol. The molecule has 2 fully saturated rings. The van der Waals surface area contributed by atoms with Crippen LogP contribution < -0.4 is 5.32 Å². The van der Waals surface area contributed by atoms with E-state index < -0.39 is 0 Å². The number of nitrogens with zero attached hydrogens (tertiary/aromatic N) is 3. The molecule has 2 saturated carbocycles. The highest BCUT2D eigenvalue weighted by Gasteiger charge is 2.37. The van der Waals surface area contributed by atoms with Gasteiger partial charge in [-0.3, -0.25) is 4.79 Å². The van der Waals surface area contributed by atoms with Crippen LogP contribution in [0, 0.1) is 0 Å². The van der Waals surface area contributed by atoms with Gasteiger partial charge in [-0.25, -0.2) is 0 Å². The summed E-state index contributed by atoms with van der Waals surface area (Å²) in [5.74, 6) is 1.81. The van der Waals surface area contributed by atoms with Gasteiger partial charge in [0.2, 0.25) is 5.91 Å². The van der Waals surface area contributed by atoms with E-state index in [9.17, 15) is 4.79 Å². The molecule has 2 aliphatic carbocycles. The van der Waals surface area contributed by atoms with E-state index in [1.54, 1.807) is 11.8 Å². The van der Waals surface area contributed by atoms with Crippen LogP contribution in [0.15, 0.2) is 35.5 Å². The highest BCUT2D eigenvalue weighted by Crippen LogP contribution is 2.46. The summed E-state index contributed by atoms with van der Waals surface area (Å²) in [5, 5.41) is 12.7. The number of carbonyl (C=O) groups excluding carboxylic acids is 1. The van der Waals surface area contributed by atoms with Crippen molar-refractivity contribution in [1.82, 2.24) is 20.1 Å². The van der Waals surface area contributed by atoms with E-state index in [2.05, 4.69) is 27.0 Å². The lowest BCUT2D eigenvalue weighted by Gasteiger charge is -2.15. The van der Waals surface area contributed by atoms with Gasteiger partial charge in [0.05, 0.1) is 5.25 Å². The molecule has 6 heteroatoms. The third-order valence-electron chi connectivity index (χ3n) is 4.77. The van der Waals surface area contributed by atoms with E-state index in [1.807, 2.05) is 30.3 Å². The highest BCUT2D eigenvalue weighted by molar-refractivity contribution is 8.00. The molecule has 1 aromatic heterocycles. The molecule has 132 valence electrons. The number of amides is 1. The number of aromatic nitrogens is 3. The largest absolute Gasteiger partial charge is 0.351 e. The molecule has 1 amide bonds. The molecule has 1 unspecified atom stereocenters. The van der Waals surface area contributed by atoms with Gasteiger partial charge >= 0.3 is 0 Å². The zero-order valence-electron chi connectivity index (χ0n) is 14.5. The van der Waals surface area contributed by atoms with Crippen molar-refractivity contribution in [2.24, 2.45) is 0 Å². The molecule has 0 spiro atoms. The van der Waals surface area contributed by atoms with Gasteiger partial charge in [0.1, 0.15) is 5.82 Å². The first-order valence-corrected chi connectivity index (χ1v) is 10.1. The quantitative estimate of drug-likeness (QED) is 0.733. The molecule has 5 nitrogen and oxygen atoms in total. The monoisotopic (exact) mass is 356 g/mol. The summed E-state index contributed by atoms with van der Waals surface area (Å²) in [4.78, 5) is 12.6. The minimum Gasteiger partial charge on any atom is -0.351 e. The Balaban J connectivity index is 1.42. The normalized spacial score (nSPS) is 18.1. The van der Waals surface area contributed by atoms with Crippen LogP contribution in [-0.2, 0) is 11.3 Å². The predicted molar refractivity (Wildman–Crippen MR) is 98.5 cm³/mol. The van der Waals surface area contributed by atoms with Crippen LogP contribution >= 0.6 is 11.8 Å². The van der Waals surface area contributed by atoms with E-state index in [0.717, 1.165) is 23.0 Å². The summed E-state index contributed by atoms with van der Waals surface area (Å²) in [5.41, 5.74) is 1.12. The molecule has 0 saturated heterocycles. The van der Waals surface area contributed by atoms with Crippen molar-refractivity contribution in [3.8, 4) is 0 Å². The van der Waals surface area contributed by atoms with Gasteiger partial charge in [-0.15, -0.1) is 10.2 Å². The van der Waals surface area contributed by atoms with E-state index in [1.165, 1.54) is 25.7 Å². The van der Waals surface area contributed by atoms with E-state index >= 15 is 0 Å². The molecule has 25 heavy (non-hydrogen) atoms. The molecular weight excluding hydrogens is 332 g/mol. The second-order valence-electron chi connectivity index (χ2n) is 6.93. The first-order chi connectivity index (χ1) is 12.3. The Kier molecular flexibility index (Phi) is 4.79. The van der Waals surface area contributed by atoms with Crippen molar-refractivity contribution in [3.05, 3.63) is 41.7 Å². The fourth-order valence-corrected chi connectivity index (χ4v) is 4.07. The van der Waals surface area contributed by atoms with Crippen LogP contribution in [0.5, 0.6) is 0 Å². The number of hydrogen-bond acceptors (Lipinski definition) is 4. The summed E-state index contributed by atoms with van der Waals surface area (Å²) >= 11 is 1.57. The highest BCUT2D eigenvalue weighted by atomic mass is 32.2. The Bertz CT molecular complexity index is 737. The molecular formula is C19H24N4OS. The predicted octanol–water partition coefficient (Wildman–Crippen LogP) is 3.68. The first kappa shape index (κ1) is 16.6. The Morgan fingerprint density at radius 1 is 1.24 bits per heavy atom. The standard InChI is InChI=1S/C19H24N4OS/c1-2-16(18(24)20-12-13-6-4-3-5-7-13)25-19-22-21-17(14-8-9-14)23(19)15-10-11-15/h3-7,14-16H,2,8-12H2,1H3,(H,20,24). The minimum atomic E-state index is -0.127. The number of thioether (sulfide) groups is 1. The summed E-state index contributed by atoms with van der Waals surface area (Å²) in [7, 11) is 0. The van der Waals surface area contributed by atoms with Crippen LogP contribution in [0.3, 0.4) is 0 Å². The lowest BCUT2D eigenvalue weighted by molar-refractivity contribution is -0.120. The molecule has 2 aliphatic rings. The molecule has 1 heterocycles. The molecule has 0 bridgehead atoms. The smallest absolute Gasteiger partial charge is 0.233 e. The summed E-state index contributed by atoms with van der Waals surface area (Å²) in [6, 6.07) is 10.6. The zero-order chi connectivity index (χ0) is 17.2. The third-order valence-corrected chi connectivity index (χ3v) is 6.09. The summed E-state index contributed by atoms with van der Waals surface area (Å²) in [6.45, 7) is 2.62. The second kappa shape index (κ2) is 7.20. The number of benzene rings is 1. The Hall–Kier alpha value is -1.82. The number of carbonyl (C=O) groups is 1. The SMILES string of the molecule is CCC(Sc1nnc(C2CC2)n1C1CC1)C(=O)NCc1ccccc1. The summed E-state index contributed by atoms with van der Waals surface area (Å²) < 4.78 is 2.31. The fraction of sp³-hybridized carbons (Fsp3) is 0.526. The Morgan fingerprint density at radius 2 is 2.00 bits per heavy atom. The van der Waals surface area contributed by atoms with Crippen LogP contribution in [0.25, 0.3) is 0 Å². The Morgan fingerprint density at radius 3 is 2.64 bits per heavy atom. The molecule has 1 atom stereocenters. The average Bonchev–Trinajstić information content (AvgIpc) is 3.57. The molecule has 4 rings (SSSR count). The van der Waals surface area contributed by atoms with Gasteiger partial charge in [-0.1, -0.05) is 49.0 Å². The molecule has 0 radical (unpaired) electrons. The van der Waals surface area contributed by atoms with Crippen molar-refractivity contribution in [1.29, 1.82) is 0 Å². The van der Waals surface area contributed by atoms with Crippen molar-refractivity contribution >= 4 is 17.7 Å². The molecule has 0 aliphatic heterocycles. The van der Waals surface area contributed by atoms with Gasteiger partial charge in [0.15, 0.2) is 5.16 Å². The van der Waals surface area contributed by atoms with Gasteiger partial charge in [-0.05, 0) is 37.7 Å². The summed E-state index contributed by atoms with van der Waals surface area (Å²) in [6.07, 6.45) is 5.65. The molecule has 1 aromatic carbocycles. The van der Waals surface area contributed by atoms with Crippen molar-refractivity contribution in [3.63, 3.8) is 0 Å². The fourth-order valence-electron chi connectivity index (χ4n) is 3.01. The van der Waals surface area contributed by atoms with E-state index in [0.29, 0.717) is 18.5 Å². The minimum absolute atomic E-state index is 0.0784.